The second-order valence-corrected chi connectivity index (χ2v) is 7.11. The minimum absolute atomic E-state index is 0.301. The molecule has 1 fully saturated rings. The highest BCUT2D eigenvalue weighted by atomic mass is 32.1. The molecule has 0 saturated carbocycles. The van der Waals surface area contributed by atoms with E-state index in [1.165, 1.54) is 16.2 Å². The fraction of sp³-hybridized carbons (Fsp3) is 0.389. The van der Waals surface area contributed by atoms with E-state index in [-0.39, 0.29) is 5.91 Å². The van der Waals surface area contributed by atoms with Gasteiger partial charge in [-0.1, -0.05) is 6.92 Å². The van der Waals surface area contributed by atoms with Gasteiger partial charge in [0.1, 0.15) is 22.5 Å². The number of aliphatic carboxylic acids is 1. The van der Waals surface area contributed by atoms with Crippen LogP contribution in [0, 0.1) is 5.92 Å². The Morgan fingerprint density at radius 3 is 2.68 bits per heavy atom. The van der Waals surface area contributed by atoms with Crippen molar-refractivity contribution in [3.63, 3.8) is 0 Å². The van der Waals surface area contributed by atoms with E-state index in [0.717, 1.165) is 22.7 Å². The molecule has 25 heavy (non-hydrogen) atoms. The Morgan fingerprint density at radius 2 is 2.04 bits per heavy atom. The van der Waals surface area contributed by atoms with Gasteiger partial charge in [-0.25, -0.2) is 9.78 Å². The summed E-state index contributed by atoms with van der Waals surface area (Å²) in [6, 6.07) is 6.67. The molecule has 2 aromatic rings. The summed E-state index contributed by atoms with van der Waals surface area (Å²) in [7, 11) is 1.60. The number of methoxy groups -OCH3 is 1. The highest BCUT2D eigenvalue weighted by Gasteiger charge is 2.35. The van der Waals surface area contributed by atoms with Crippen LogP contribution in [0.4, 0.5) is 0 Å². The first-order valence-electron chi connectivity index (χ1n) is 8.13. The van der Waals surface area contributed by atoms with Gasteiger partial charge in [-0.05, 0) is 43.0 Å². The van der Waals surface area contributed by atoms with Crippen LogP contribution in [0.5, 0.6) is 5.75 Å². The van der Waals surface area contributed by atoms with Gasteiger partial charge in [-0.2, -0.15) is 0 Å². The third kappa shape index (κ3) is 3.66. The number of benzene rings is 1. The fourth-order valence-electron chi connectivity index (χ4n) is 3.00. The number of carbonyl (C=O) groups is 2. The van der Waals surface area contributed by atoms with Gasteiger partial charge in [0.15, 0.2) is 0 Å². The lowest BCUT2D eigenvalue weighted by atomic mass is 9.92. The van der Waals surface area contributed by atoms with Crippen LogP contribution < -0.4 is 4.74 Å². The Bertz CT molecular complexity index is 772. The Kier molecular flexibility index (Phi) is 5.03. The van der Waals surface area contributed by atoms with Crippen molar-refractivity contribution in [3.05, 3.63) is 35.3 Å². The number of carboxylic acid groups (broad SMARTS) is 1. The zero-order chi connectivity index (χ0) is 18.0. The van der Waals surface area contributed by atoms with Crippen molar-refractivity contribution >= 4 is 23.2 Å². The largest absolute Gasteiger partial charge is 0.497 e. The summed E-state index contributed by atoms with van der Waals surface area (Å²) in [5.74, 6) is -0.209. The average molecular weight is 360 g/mol. The zero-order valence-electron chi connectivity index (χ0n) is 14.1. The minimum Gasteiger partial charge on any atom is -0.497 e. The third-order valence-electron chi connectivity index (χ3n) is 4.47. The molecule has 2 atom stereocenters. The van der Waals surface area contributed by atoms with Gasteiger partial charge in [-0.15, -0.1) is 11.3 Å². The van der Waals surface area contributed by atoms with E-state index >= 15 is 0 Å². The molecule has 1 aliphatic heterocycles. The van der Waals surface area contributed by atoms with Crippen molar-refractivity contribution in [3.8, 4) is 16.3 Å². The Labute approximate surface area is 150 Å². The lowest BCUT2D eigenvalue weighted by Crippen LogP contribution is -2.49. The van der Waals surface area contributed by atoms with E-state index in [0.29, 0.717) is 24.6 Å². The summed E-state index contributed by atoms with van der Waals surface area (Å²) in [5, 5.41) is 11.8. The van der Waals surface area contributed by atoms with E-state index in [9.17, 15) is 14.7 Å². The highest BCUT2D eigenvalue weighted by molar-refractivity contribution is 7.13. The number of thiazole rings is 1. The minimum atomic E-state index is -0.953. The lowest BCUT2D eigenvalue weighted by Gasteiger charge is -2.35. The van der Waals surface area contributed by atoms with Crippen molar-refractivity contribution < 1.29 is 19.4 Å². The third-order valence-corrected chi connectivity index (χ3v) is 5.36. The van der Waals surface area contributed by atoms with E-state index in [2.05, 4.69) is 4.98 Å². The summed E-state index contributed by atoms with van der Waals surface area (Å²) >= 11 is 1.37. The molecule has 2 heterocycles. The summed E-state index contributed by atoms with van der Waals surface area (Å²) in [5.41, 5.74) is 1.20. The van der Waals surface area contributed by atoms with Crippen molar-refractivity contribution in [2.24, 2.45) is 5.92 Å². The van der Waals surface area contributed by atoms with Gasteiger partial charge in [0, 0.05) is 17.5 Å². The Morgan fingerprint density at radius 1 is 1.32 bits per heavy atom. The summed E-state index contributed by atoms with van der Waals surface area (Å²) in [4.78, 5) is 30.1. The number of carboxylic acids is 1. The second-order valence-electron chi connectivity index (χ2n) is 6.25. The van der Waals surface area contributed by atoms with Crippen LogP contribution in [0.2, 0.25) is 0 Å². The molecule has 1 saturated heterocycles. The summed E-state index contributed by atoms with van der Waals surface area (Å²) in [6.45, 7) is 2.47. The number of rotatable bonds is 4. The normalized spacial score (nSPS) is 20.3. The highest BCUT2D eigenvalue weighted by Crippen LogP contribution is 2.28. The number of hydrogen-bond donors (Lipinski definition) is 1. The van der Waals surface area contributed by atoms with E-state index in [1.54, 1.807) is 12.5 Å². The van der Waals surface area contributed by atoms with Crippen LogP contribution in [0.15, 0.2) is 29.6 Å². The number of hydrogen-bond acceptors (Lipinski definition) is 5. The molecule has 7 heteroatoms. The molecule has 132 valence electrons. The number of aromatic nitrogens is 1. The van der Waals surface area contributed by atoms with Crippen LogP contribution in [0.3, 0.4) is 0 Å². The van der Waals surface area contributed by atoms with Gasteiger partial charge in [0.2, 0.25) is 0 Å². The lowest BCUT2D eigenvalue weighted by molar-refractivity contribution is -0.144. The maximum atomic E-state index is 12.8. The monoisotopic (exact) mass is 360 g/mol. The molecular formula is C18H20N2O4S. The molecule has 1 amide bonds. The molecule has 1 aromatic carbocycles. The number of ether oxygens (including phenoxy) is 1. The maximum absolute atomic E-state index is 12.8. The average Bonchev–Trinajstić information content (AvgIpc) is 3.11. The quantitative estimate of drug-likeness (QED) is 0.906. The Balaban J connectivity index is 1.80. The predicted molar refractivity (Wildman–Crippen MR) is 95.0 cm³/mol. The van der Waals surface area contributed by atoms with Gasteiger partial charge < -0.3 is 14.7 Å². The van der Waals surface area contributed by atoms with Gasteiger partial charge >= 0.3 is 5.97 Å². The topological polar surface area (TPSA) is 79.7 Å². The van der Waals surface area contributed by atoms with Crippen molar-refractivity contribution in [1.82, 2.24) is 9.88 Å². The van der Waals surface area contributed by atoms with Crippen LogP contribution in [-0.4, -0.2) is 46.6 Å². The smallest absolute Gasteiger partial charge is 0.326 e. The molecule has 0 radical (unpaired) electrons. The molecular weight excluding hydrogens is 340 g/mol. The van der Waals surface area contributed by atoms with Crippen LogP contribution in [-0.2, 0) is 4.79 Å². The first-order valence-corrected chi connectivity index (χ1v) is 9.01. The number of nitrogens with zero attached hydrogens (tertiary/aromatic N) is 2. The zero-order valence-corrected chi connectivity index (χ0v) is 15.0. The van der Waals surface area contributed by atoms with E-state index in [4.69, 9.17) is 4.74 Å². The Hall–Kier alpha value is -2.41. The predicted octanol–water partition coefficient (Wildman–Crippen LogP) is 3.14. The van der Waals surface area contributed by atoms with Crippen molar-refractivity contribution in [1.29, 1.82) is 0 Å². The second kappa shape index (κ2) is 7.23. The van der Waals surface area contributed by atoms with E-state index < -0.39 is 12.0 Å². The van der Waals surface area contributed by atoms with Gasteiger partial charge in [-0.3, -0.25) is 4.79 Å². The number of amides is 1. The molecule has 6 nitrogen and oxygen atoms in total. The molecule has 0 spiro atoms. The fourth-order valence-corrected chi connectivity index (χ4v) is 3.80. The van der Waals surface area contributed by atoms with Gasteiger partial charge in [0.25, 0.3) is 5.91 Å². The first-order chi connectivity index (χ1) is 12.0. The standard InChI is InChI=1S/C18H20N2O4S/c1-11-7-8-20(15(9-11)18(22)23)17(21)14-10-25-16(19-14)12-3-5-13(24-2)6-4-12/h3-6,10-11,15H,7-9H2,1-2H3,(H,22,23). The molecule has 1 aliphatic rings. The van der Waals surface area contributed by atoms with Crippen LogP contribution in [0.1, 0.15) is 30.3 Å². The summed E-state index contributed by atoms with van der Waals surface area (Å²) < 4.78 is 5.14. The molecule has 0 aliphatic carbocycles. The molecule has 1 aromatic heterocycles. The SMILES string of the molecule is COc1ccc(-c2nc(C(=O)N3CCC(C)CC3C(=O)O)cs2)cc1. The molecule has 2 unspecified atom stereocenters. The number of likely N-dealkylation sites (tertiary alicyclic amines) is 1. The van der Waals surface area contributed by atoms with Crippen molar-refractivity contribution in [2.45, 2.75) is 25.8 Å². The van der Waals surface area contributed by atoms with Gasteiger partial charge in [0.05, 0.1) is 7.11 Å². The number of piperidine rings is 1. The maximum Gasteiger partial charge on any atom is 0.326 e. The van der Waals surface area contributed by atoms with E-state index in [1.807, 2.05) is 31.2 Å². The van der Waals surface area contributed by atoms with Crippen LogP contribution in [0.25, 0.3) is 10.6 Å². The molecule has 1 N–H and O–H groups in total. The first kappa shape index (κ1) is 17.4. The van der Waals surface area contributed by atoms with Crippen LogP contribution >= 0.6 is 11.3 Å². The molecule has 0 bridgehead atoms. The summed E-state index contributed by atoms with van der Waals surface area (Å²) in [6.07, 6.45) is 1.29. The number of carbonyl (C=O) groups excluding carboxylic acids is 1. The molecule has 3 rings (SSSR count). The van der Waals surface area contributed by atoms with Crippen molar-refractivity contribution in [2.75, 3.05) is 13.7 Å².